The largest absolute Gasteiger partial charge is 0.497 e. The zero-order valence-electron chi connectivity index (χ0n) is 13.9. The lowest BCUT2D eigenvalue weighted by atomic mass is 10.2. The van der Waals surface area contributed by atoms with E-state index in [0.717, 1.165) is 33.3 Å². The van der Waals surface area contributed by atoms with Crippen LogP contribution in [0.1, 0.15) is 11.1 Å². The maximum atomic E-state index is 5.88. The van der Waals surface area contributed by atoms with Crippen molar-refractivity contribution >= 4 is 23.5 Å². The summed E-state index contributed by atoms with van der Waals surface area (Å²) in [6.45, 7) is 0.510. The monoisotopic (exact) mass is 351 g/mol. The molecule has 0 heterocycles. The summed E-state index contributed by atoms with van der Waals surface area (Å²) in [5.41, 5.74) is 2.97. The van der Waals surface area contributed by atoms with Gasteiger partial charge in [0.25, 0.3) is 0 Å². The SMILES string of the molecule is COc1ccc(N=Cc2ccc(OCc3ccc(Cl)cc3)cc2)cc1. The van der Waals surface area contributed by atoms with Crippen molar-refractivity contribution in [1.82, 2.24) is 0 Å². The highest BCUT2D eigenvalue weighted by Gasteiger charge is 1.97. The lowest BCUT2D eigenvalue weighted by Crippen LogP contribution is -1.95. The van der Waals surface area contributed by atoms with Crippen LogP contribution in [-0.2, 0) is 6.61 Å². The van der Waals surface area contributed by atoms with Gasteiger partial charge in [-0.05, 0) is 71.8 Å². The molecule has 0 aliphatic rings. The first kappa shape index (κ1) is 17.1. The van der Waals surface area contributed by atoms with Gasteiger partial charge in [-0.25, -0.2) is 0 Å². The summed E-state index contributed by atoms with van der Waals surface area (Å²) >= 11 is 5.88. The number of rotatable bonds is 6. The fourth-order valence-corrected chi connectivity index (χ4v) is 2.34. The predicted molar refractivity (Wildman–Crippen MR) is 102 cm³/mol. The van der Waals surface area contributed by atoms with Crippen molar-refractivity contribution in [1.29, 1.82) is 0 Å². The Kier molecular flexibility index (Phi) is 5.70. The second-order valence-corrected chi connectivity index (χ2v) is 5.88. The van der Waals surface area contributed by atoms with E-state index < -0.39 is 0 Å². The number of nitrogens with zero attached hydrogens (tertiary/aromatic N) is 1. The van der Waals surface area contributed by atoms with Gasteiger partial charge in [0.2, 0.25) is 0 Å². The predicted octanol–water partition coefficient (Wildman–Crippen LogP) is 5.68. The van der Waals surface area contributed by atoms with Crippen molar-refractivity contribution in [2.45, 2.75) is 6.61 Å². The van der Waals surface area contributed by atoms with E-state index in [1.54, 1.807) is 7.11 Å². The molecule has 3 aromatic rings. The maximum absolute atomic E-state index is 5.88. The van der Waals surface area contributed by atoms with Crippen molar-refractivity contribution < 1.29 is 9.47 Å². The quantitative estimate of drug-likeness (QED) is 0.535. The zero-order valence-corrected chi connectivity index (χ0v) is 14.6. The molecule has 3 aromatic carbocycles. The lowest BCUT2D eigenvalue weighted by Gasteiger charge is -2.06. The van der Waals surface area contributed by atoms with Crippen LogP contribution < -0.4 is 9.47 Å². The molecule has 0 aliphatic carbocycles. The second-order valence-electron chi connectivity index (χ2n) is 5.44. The van der Waals surface area contributed by atoms with E-state index in [0.29, 0.717) is 6.61 Å². The van der Waals surface area contributed by atoms with Crippen LogP contribution in [0.5, 0.6) is 11.5 Å². The van der Waals surface area contributed by atoms with Crippen LogP contribution >= 0.6 is 11.6 Å². The molecule has 0 atom stereocenters. The molecule has 0 unspecified atom stereocenters. The zero-order chi connectivity index (χ0) is 17.5. The first-order valence-corrected chi connectivity index (χ1v) is 8.26. The van der Waals surface area contributed by atoms with Crippen molar-refractivity contribution in [3.05, 3.63) is 88.9 Å². The van der Waals surface area contributed by atoms with Gasteiger partial charge in [0.15, 0.2) is 0 Å². The highest BCUT2D eigenvalue weighted by molar-refractivity contribution is 6.30. The number of hydrogen-bond donors (Lipinski definition) is 0. The number of aliphatic imine (C=N–C) groups is 1. The number of hydrogen-bond acceptors (Lipinski definition) is 3. The van der Waals surface area contributed by atoms with Crippen LogP contribution in [0.25, 0.3) is 0 Å². The molecule has 0 aromatic heterocycles. The Hall–Kier alpha value is -2.78. The smallest absolute Gasteiger partial charge is 0.119 e. The third kappa shape index (κ3) is 5.10. The molecule has 0 bridgehead atoms. The molecule has 0 fully saturated rings. The standard InChI is InChI=1S/C21H18ClNO2/c1-24-20-12-8-19(9-13-20)23-14-16-4-10-21(11-5-16)25-15-17-2-6-18(22)7-3-17/h2-14H,15H2,1H3. The van der Waals surface area contributed by atoms with Gasteiger partial charge in [-0.3, -0.25) is 4.99 Å². The highest BCUT2D eigenvalue weighted by atomic mass is 35.5. The lowest BCUT2D eigenvalue weighted by molar-refractivity contribution is 0.306. The average molecular weight is 352 g/mol. The number of benzene rings is 3. The molecule has 3 nitrogen and oxygen atoms in total. The molecule has 4 heteroatoms. The highest BCUT2D eigenvalue weighted by Crippen LogP contribution is 2.18. The molecular weight excluding hydrogens is 334 g/mol. The Balaban J connectivity index is 1.57. The molecule has 0 N–H and O–H groups in total. The van der Waals surface area contributed by atoms with E-state index in [9.17, 15) is 0 Å². The first-order chi connectivity index (χ1) is 12.2. The van der Waals surface area contributed by atoms with Crippen molar-refractivity contribution in [2.75, 3.05) is 7.11 Å². The minimum Gasteiger partial charge on any atom is -0.497 e. The van der Waals surface area contributed by atoms with Gasteiger partial charge in [0, 0.05) is 11.2 Å². The van der Waals surface area contributed by atoms with Crippen LogP contribution in [0.15, 0.2) is 77.8 Å². The van der Waals surface area contributed by atoms with Crippen molar-refractivity contribution in [3.63, 3.8) is 0 Å². The summed E-state index contributed by atoms with van der Waals surface area (Å²) in [5.74, 6) is 1.64. The Labute approximate surface area is 152 Å². The molecule has 0 saturated carbocycles. The summed E-state index contributed by atoms with van der Waals surface area (Å²) in [4.78, 5) is 4.45. The summed E-state index contributed by atoms with van der Waals surface area (Å²) in [5, 5.41) is 0.726. The van der Waals surface area contributed by atoms with Gasteiger partial charge in [-0.2, -0.15) is 0 Å². The molecule has 0 saturated heterocycles. The fraction of sp³-hybridized carbons (Fsp3) is 0.0952. The van der Waals surface area contributed by atoms with E-state index in [2.05, 4.69) is 4.99 Å². The maximum Gasteiger partial charge on any atom is 0.119 e. The van der Waals surface area contributed by atoms with E-state index in [4.69, 9.17) is 21.1 Å². The van der Waals surface area contributed by atoms with Gasteiger partial charge < -0.3 is 9.47 Å². The molecule has 3 rings (SSSR count). The van der Waals surface area contributed by atoms with Crippen LogP contribution in [0.3, 0.4) is 0 Å². The van der Waals surface area contributed by atoms with Gasteiger partial charge in [-0.15, -0.1) is 0 Å². The van der Waals surface area contributed by atoms with Crippen molar-refractivity contribution in [2.24, 2.45) is 4.99 Å². The molecule has 25 heavy (non-hydrogen) atoms. The van der Waals surface area contributed by atoms with E-state index in [1.165, 1.54) is 0 Å². The van der Waals surface area contributed by atoms with Crippen molar-refractivity contribution in [3.8, 4) is 11.5 Å². The Morgan fingerprint density at radius 2 is 1.48 bits per heavy atom. The van der Waals surface area contributed by atoms with Crippen LogP contribution in [-0.4, -0.2) is 13.3 Å². The minimum atomic E-state index is 0.510. The molecular formula is C21H18ClNO2. The van der Waals surface area contributed by atoms with E-state index in [-0.39, 0.29) is 0 Å². The van der Waals surface area contributed by atoms with Gasteiger partial charge in [0.1, 0.15) is 18.1 Å². The third-order valence-corrected chi connectivity index (χ3v) is 3.89. The minimum absolute atomic E-state index is 0.510. The van der Waals surface area contributed by atoms with Crippen LogP contribution in [0, 0.1) is 0 Å². The van der Waals surface area contributed by atoms with E-state index in [1.807, 2.05) is 79.0 Å². The fourth-order valence-electron chi connectivity index (χ4n) is 2.21. The van der Waals surface area contributed by atoms with Crippen LogP contribution in [0.2, 0.25) is 5.02 Å². The topological polar surface area (TPSA) is 30.8 Å². The van der Waals surface area contributed by atoms with Gasteiger partial charge in [0.05, 0.1) is 12.8 Å². The molecule has 0 amide bonds. The number of ether oxygens (including phenoxy) is 2. The molecule has 0 radical (unpaired) electrons. The summed E-state index contributed by atoms with van der Waals surface area (Å²) in [7, 11) is 1.65. The summed E-state index contributed by atoms with van der Waals surface area (Å²) in [6, 6.07) is 23.1. The molecule has 0 aliphatic heterocycles. The van der Waals surface area contributed by atoms with Crippen LogP contribution in [0.4, 0.5) is 5.69 Å². The van der Waals surface area contributed by atoms with Gasteiger partial charge in [-0.1, -0.05) is 23.7 Å². The average Bonchev–Trinajstić information content (AvgIpc) is 2.67. The Morgan fingerprint density at radius 3 is 2.12 bits per heavy atom. The number of methoxy groups -OCH3 is 1. The Morgan fingerprint density at radius 1 is 0.840 bits per heavy atom. The summed E-state index contributed by atoms with van der Waals surface area (Å²) < 4.78 is 10.9. The second kappa shape index (κ2) is 8.36. The first-order valence-electron chi connectivity index (χ1n) is 7.88. The third-order valence-electron chi connectivity index (χ3n) is 3.63. The van der Waals surface area contributed by atoms with Gasteiger partial charge >= 0.3 is 0 Å². The molecule has 126 valence electrons. The summed E-state index contributed by atoms with van der Waals surface area (Å²) in [6.07, 6.45) is 1.82. The molecule has 0 spiro atoms. The van der Waals surface area contributed by atoms with E-state index >= 15 is 0 Å². The normalized spacial score (nSPS) is 10.8. The Bertz CT molecular complexity index is 825. The number of halogens is 1.